The van der Waals surface area contributed by atoms with Gasteiger partial charge in [0, 0.05) is 6.04 Å². The monoisotopic (exact) mass is 293 g/mol. The number of carbonyl (C=O) groups excluding carboxylic acids is 2. The second-order valence-corrected chi connectivity index (χ2v) is 6.17. The maximum Gasteiger partial charge on any atom is 0.234 e. The van der Waals surface area contributed by atoms with E-state index in [1.807, 2.05) is 12.2 Å². The molecular weight excluding hydrogens is 266 g/mol. The van der Waals surface area contributed by atoms with Crippen LogP contribution in [0.5, 0.6) is 0 Å². The Morgan fingerprint density at radius 1 is 1.05 bits per heavy atom. The van der Waals surface area contributed by atoms with Crippen LogP contribution >= 0.6 is 0 Å². The predicted octanol–water partition coefficient (Wildman–Crippen LogP) is 1.19. The van der Waals surface area contributed by atoms with Crippen LogP contribution in [0, 0.1) is 5.92 Å². The van der Waals surface area contributed by atoms with Crippen molar-refractivity contribution in [2.75, 3.05) is 19.6 Å². The molecule has 0 aromatic carbocycles. The predicted molar refractivity (Wildman–Crippen MR) is 82.5 cm³/mol. The average molecular weight is 293 g/mol. The molecule has 1 fully saturated rings. The Kier molecular flexibility index (Phi) is 6.23. The molecule has 21 heavy (non-hydrogen) atoms. The van der Waals surface area contributed by atoms with E-state index in [9.17, 15) is 9.59 Å². The minimum absolute atomic E-state index is 0.0159. The summed E-state index contributed by atoms with van der Waals surface area (Å²) in [7, 11) is 0. The molecule has 0 bridgehead atoms. The van der Waals surface area contributed by atoms with Crippen molar-refractivity contribution in [2.24, 2.45) is 11.7 Å². The van der Waals surface area contributed by atoms with Crippen LogP contribution in [0.2, 0.25) is 0 Å². The van der Waals surface area contributed by atoms with Gasteiger partial charge in [0.15, 0.2) is 0 Å². The van der Waals surface area contributed by atoms with Gasteiger partial charge in [-0.15, -0.1) is 0 Å². The number of carbonyl (C=O) groups is 2. The molecule has 118 valence electrons. The number of nitrogens with two attached hydrogens (primary N) is 1. The Bertz CT molecular complexity index is 387. The van der Waals surface area contributed by atoms with Crippen LogP contribution in [0.4, 0.5) is 0 Å². The van der Waals surface area contributed by atoms with Crippen molar-refractivity contribution in [2.45, 2.75) is 51.0 Å². The number of hydrogen-bond acceptors (Lipinski definition) is 3. The van der Waals surface area contributed by atoms with Gasteiger partial charge in [-0.1, -0.05) is 31.4 Å². The Balaban J connectivity index is 1.82. The maximum absolute atomic E-state index is 12.2. The van der Waals surface area contributed by atoms with E-state index in [1.165, 1.54) is 32.1 Å². The molecule has 2 atom stereocenters. The summed E-state index contributed by atoms with van der Waals surface area (Å²) in [5.74, 6) is -0.579. The first-order chi connectivity index (χ1) is 10.2. The van der Waals surface area contributed by atoms with Crippen molar-refractivity contribution in [1.82, 2.24) is 10.2 Å². The van der Waals surface area contributed by atoms with E-state index in [0.29, 0.717) is 19.4 Å². The van der Waals surface area contributed by atoms with E-state index in [1.54, 1.807) is 0 Å². The van der Waals surface area contributed by atoms with Gasteiger partial charge in [0.1, 0.15) is 0 Å². The molecule has 0 aromatic heterocycles. The lowest BCUT2D eigenvalue weighted by atomic mass is 9.88. The lowest BCUT2D eigenvalue weighted by Gasteiger charge is -2.29. The highest BCUT2D eigenvalue weighted by Crippen LogP contribution is 2.19. The van der Waals surface area contributed by atoms with E-state index in [0.717, 1.165) is 13.1 Å². The molecule has 0 spiro atoms. The Hall–Kier alpha value is -1.36. The smallest absolute Gasteiger partial charge is 0.234 e. The van der Waals surface area contributed by atoms with Gasteiger partial charge in [-0.3, -0.25) is 14.5 Å². The van der Waals surface area contributed by atoms with Gasteiger partial charge in [0.05, 0.1) is 12.5 Å². The average Bonchev–Trinajstić information content (AvgIpc) is 2.42. The Morgan fingerprint density at radius 2 is 1.67 bits per heavy atom. The number of amides is 2. The topological polar surface area (TPSA) is 75.4 Å². The Morgan fingerprint density at radius 3 is 2.33 bits per heavy atom. The van der Waals surface area contributed by atoms with Crippen molar-refractivity contribution in [1.29, 1.82) is 0 Å². The van der Waals surface area contributed by atoms with Crippen LogP contribution in [0.25, 0.3) is 0 Å². The molecule has 3 N–H and O–H groups in total. The first kappa shape index (κ1) is 16.0. The molecule has 5 nitrogen and oxygen atoms in total. The summed E-state index contributed by atoms with van der Waals surface area (Å²) < 4.78 is 0. The lowest BCUT2D eigenvalue weighted by Crippen LogP contribution is -2.49. The standard InChI is InChI=1S/C16H27N3O2/c17-16(21)13-8-4-5-9-14(13)18-15(20)12-19-10-6-2-1-3-7-11-19/h4-5,13-14H,1-3,6-12H2,(H2,17,21)(H,18,20)/t13-,14-/m1/s1. The summed E-state index contributed by atoms with van der Waals surface area (Å²) in [5.41, 5.74) is 5.42. The van der Waals surface area contributed by atoms with Crippen molar-refractivity contribution in [3.05, 3.63) is 12.2 Å². The van der Waals surface area contributed by atoms with Crippen molar-refractivity contribution in [3.8, 4) is 0 Å². The van der Waals surface area contributed by atoms with E-state index in [4.69, 9.17) is 5.73 Å². The highest BCUT2D eigenvalue weighted by atomic mass is 16.2. The van der Waals surface area contributed by atoms with Crippen LogP contribution in [-0.4, -0.2) is 42.4 Å². The summed E-state index contributed by atoms with van der Waals surface area (Å²) in [4.78, 5) is 25.9. The van der Waals surface area contributed by atoms with Crippen molar-refractivity contribution in [3.63, 3.8) is 0 Å². The number of rotatable bonds is 4. The zero-order valence-electron chi connectivity index (χ0n) is 12.7. The molecule has 1 aliphatic carbocycles. The molecule has 1 heterocycles. The van der Waals surface area contributed by atoms with Gasteiger partial charge in [-0.05, 0) is 38.8 Å². The largest absolute Gasteiger partial charge is 0.369 e. The van der Waals surface area contributed by atoms with Gasteiger partial charge >= 0.3 is 0 Å². The summed E-state index contributed by atoms with van der Waals surface area (Å²) >= 11 is 0. The van der Waals surface area contributed by atoms with Crippen LogP contribution in [0.3, 0.4) is 0 Å². The fraction of sp³-hybridized carbons (Fsp3) is 0.750. The third-order valence-corrected chi connectivity index (χ3v) is 4.46. The number of allylic oxidation sites excluding steroid dienone is 1. The van der Waals surface area contributed by atoms with Crippen LogP contribution in [0.15, 0.2) is 12.2 Å². The molecule has 0 unspecified atom stereocenters. The number of hydrogen-bond donors (Lipinski definition) is 2. The molecule has 0 radical (unpaired) electrons. The van der Waals surface area contributed by atoms with E-state index >= 15 is 0 Å². The SMILES string of the molecule is NC(=O)[C@@H]1CC=CC[C@H]1NC(=O)CN1CCCCCCC1. The number of nitrogens with zero attached hydrogens (tertiary/aromatic N) is 1. The third-order valence-electron chi connectivity index (χ3n) is 4.46. The minimum Gasteiger partial charge on any atom is -0.369 e. The quantitative estimate of drug-likeness (QED) is 0.765. The second kappa shape index (κ2) is 8.17. The van der Waals surface area contributed by atoms with Gasteiger partial charge in [0.25, 0.3) is 0 Å². The molecule has 2 rings (SSSR count). The molecule has 0 saturated carbocycles. The molecule has 0 aromatic rings. The van der Waals surface area contributed by atoms with Gasteiger partial charge in [-0.25, -0.2) is 0 Å². The summed E-state index contributed by atoms with van der Waals surface area (Å²) in [6, 6.07) is -0.144. The normalized spacial score (nSPS) is 27.6. The molecule has 1 saturated heterocycles. The maximum atomic E-state index is 12.2. The highest BCUT2D eigenvalue weighted by molar-refractivity contribution is 5.81. The van der Waals surface area contributed by atoms with Crippen LogP contribution in [-0.2, 0) is 9.59 Å². The fourth-order valence-electron chi connectivity index (χ4n) is 3.21. The van der Waals surface area contributed by atoms with E-state index < -0.39 is 0 Å². The fourth-order valence-corrected chi connectivity index (χ4v) is 3.21. The van der Waals surface area contributed by atoms with Crippen molar-refractivity contribution >= 4 is 11.8 Å². The van der Waals surface area contributed by atoms with Crippen molar-refractivity contribution < 1.29 is 9.59 Å². The number of likely N-dealkylation sites (tertiary alicyclic amines) is 1. The van der Waals surface area contributed by atoms with Crippen LogP contribution < -0.4 is 11.1 Å². The zero-order valence-corrected chi connectivity index (χ0v) is 12.7. The zero-order chi connectivity index (χ0) is 15.1. The van der Waals surface area contributed by atoms with E-state index in [2.05, 4.69) is 10.2 Å². The molecule has 2 aliphatic rings. The minimum atomic E-state index is -0.323. The molecule has 5 heteroatoms. The lowest BCUT2D eigenvalue weighted by molar-refractivity contribution is -0.125. The van der Waals surface area contributed by atoms with Gasteiger partial charge in [0.2, 0.25) is 11.8 Å². The van der Waals surface area contributed by atoms with E-state index in [-0.39, 0.29) is 23.8 Å². The van der Waals surface area contributed by atoms with Crippen LogP contribution in [0.1, 0.15) is 44.9 Å². The summed E-state index contributed by atoms with van der Waals surface area (Å²) in [5, 5.41) is 3.00. The number of nitrogens with one attached hydrogen (secondary N) is 1. The molecule has 2 amide bonds. The molecule has 1 aliphatic heterocycles. The highest BCUT2D eigenvalue weighted by Gasteiger charge is 2.28. The van der Waals surface area contributed by atoms with Gasteiger partial charge in [-0.2, -0.15) is 0 Å². The summed E-state index contributed by atoms with van der Waals surface area (Å²) in [6.45, 7) is 2.43. The first-order valence-electron chi connectivity index (χ1n) is 8.13. The molecular formula is C16H27N3O2. The number of primary amides is 1. The summed E-state index contributed by atoms with van der Waals surface area (Å²) in [6.07, 6.45) is 11.5. The second-order valence-electron chi connectivity index (χ2n) is 6.17. The first-order valence-corrected chi connectivity index (χ1v) is 8.13. The van der Waals surface area contributed by atoms with Gasteiger partial charge < -0.3 is 11.1 Å². The Labute approximate surface area is 126 Å². The third kappa shape index (κ3) is 5.16.